The van der Waals surface area contributed by atoms with Crippen molar-refractivity contribution >= 4 is 23.2 Å². The first-order valence-electron chi connectivity index (χ1n) is 5.05. The summed E-state index contributed by atoms with van der Waals surface area (Å²) in [6.45, 7) is 1.85. The third-order valence-corrected chi connectivity index (χ3v) is 2.81. The van der Waals surface area contributed by atoms with Crippen LogP contribution >= 0.6 is 11.6 Å². The molecule has 1 aromatic carbocycles. The Bertz CT molecular complexity index is 467. The number of rotatable bonds is 1. The molecule has 0 aromatic heterocycles. The van der Waals surface area contributed by atoms with Gasteiger partial charge in [-0.15, -0.1) is 11.6 Å². The average molecular weight is 262 g/mol. The van der Waals surface area contributed by atoms with Gasteiger partial charge in [0.15, 0.2) is 11.6 Å². The van der Waals surface area contributed by atoms with Gasteiger partial charge in [0, 0.05) is 0 Å². The Morgan fingerprint density at radius 3 is 2.94 bits per heavy atom. The van der Waals surface area contributed by atoms with E-state index >= 15 is 0 Å². The summed E-state index contributed by atoms with van der Waals surface area (Å²) in [5.41, 5.74) is 0.216. The second-order valence-electron chi connectivity index (χ2n) is 3.77. The van der Waals surface area contributed by atoms with Gasteiger partial charge in [-0.05, 0) is 19.1 Å². The molecule has 1 amide bonds. The molecule has 0 spiro atoms. The van der Waals surface area contributed by atoms with Crippen LogP contribution < -0.4 is 9.64 Å². The van der Waals surface area contributed by atoms with E-state index in [1.54, 1.807) is 6.92 Å². The van der Waals surface area contributed by atoms with Gasteiger partial charge in [0.05, 0.1) is 11.7 Å². The maximum Gasteiger partial charge on any atom is 0.242 e. The minimum absolute atomic E-state index is 0.107. The first kappa shape index (κ1) is 12.1. The Morgan fingerprint density at radius 2 is 2.29 bits per heavy atom. The maximum atomic E-state index is 13.5. The number of anilines is 1. The molecule has 6 heteroatoms. The second-order valence-corrected chi connectivity index (χ2v) is 4.03. The zero-order valence-corrected chi connectivity index (χ0v) is 9.80. The Hall–Kier alpha value is -1.36. The molecule has 0 saturated heterocycles. The van der Waals surface area contributed by atoms with Gasteiger partial charge in [0.1, 0.15) is 12.5 Å². The summed E-state index contributed by atoms with van der Waals surface area (Å²) in [6, 6.07) is 2.01. The minimum atomic E-state index is -1.08. The summed E-state index contributed by atoms with van der Waals surface area (Å²) < 4.78 is 31.6. The Labute approximate surface area is 102 Å². The number of nitrogens with zero attached hydrogens (tertiary/aromatic N) is 1. The lowest BCUT2D eigenvalue weighted by Gasteiger charge is -2.34. The molecule has 0 bridgehead atoms. The van der Waals surface area contributed by atoms with Crippen molar-refractivity contribution in [3.8, 4) is 5.75 Å². The van der Waals surface area contributed by atoms with Gasteiger partial charge in [-0.1, -0.05) is 0 Å². The lowest BCUT2D eigenvalue weighted by atomic mass is 10.1. The van der Waals surface area contributed by atoms with E-state index in [0.29, 0.717) is 0 Å². The highest BCUT2D eigenvalue weighted by atomic mass is 35.5. The van der Waals surface area contributed by atoms with Crippen molar-refractivity contribution < 1.29 is 18.3 Å². The summed E-state index contributed by atoms with van der Waals surface area (Å²) in [4.78, 5) is 13.0. The number of fused-ring (bicyclic) bond motifs is 1. The van der Waals surface area contributed by atoms with Crippen molar-refractivity contribution in [3.05, 3.63) is 23.8 Å². The predicted octanol–water partition coefficient (Wildman–Crippen LogP) is 2.32. The van der Waals surface area contributed by atoms with E-state index in [1.807, 2.05) is 0 Å². The van der Waals surface area contributed by atoms with E-state index in [1.165, 1.54) is 11.0 Å². The quantitative estimate of drug-likeness (QED) is 0.726. The molecule has 1 aliphatic heterocycles. The highest BCUT2D eigenvalue weighted by Gasteiger charge is 2.31. The van der Waals surface area contributed by atoms with Gasteiger partial charge in [0.2, 0.25) is 11.7 Å². The summed E-state index contributed by atoms with van der Waals surface area (Å²) in [7, 11) is 0. The highest BCUT2D eigenvalue weighted by Crippen LogP contribution is 2.37. The molecule has 1 aromatic rings. The molecule has 0 N–H and O–H groups in total. The average Bonchev–Trinajstić information content (AvgIpc) is 2.33. The number of amides is 1. The van der Waals surface area contributed by atoms with Crippen LogP contribution in [0.25, 0.3) is 0 Å². The van der Waals surface area contributed by atoms with E-state index in [4.69, 9.17) is 16.3 Å². The van der Waals surface area contributed by atoms with Crippen LogP contribution in [0, 0.1) is 11.6 Å². The van der Waals surface area contributed by atoms with E-state index in [0.717, 1.165) is 6.07 Å². The normalized spacial score (nSPS) is 18.6. The van der Waals surface area contributed by atoms with Gasteiger partial charge in [-0.25, -0.2) is 4.39 Å². The molecule has 1 unspecified atom stereocenters. The number of carbonyl (C=O) groups excluding carboxylic acids is 1. The van der Waals surface area contributed by atoms with Crippen LogP contribution in [0.5, 0.6) is 5.75 Å². The molecule has 0 aliphatic carbocycles. The molecule has 2 rings (SSSR count). The Balaban J connectivity index is 2.52. The number of alkyl halides is 1. The van der Waals surface area contributed by atoms with Crippen LogP contribution in [0.1, 0.15) is 6.92 Å². The van der Waals surface area contributed by atoms with Crippen LogP contribution in [0.4, 0.5) is 14.5 Å². The van der Waals surface area contributed by atoms with Crippen LogP contribution in [0.15, 0.2) is 12.1 Å². The maximum absolute atomic E-state index is 13.5. The monoisotopic (exact) mass is 261 g/mol. The standard InChI is InChI=1S/C11H10ClF2NO2/c1-6-5-17-11-8(15(6)9(16)4-12)3-2-7(13)10(11)14/h2-3,6H,4-5H2,1H3. The molecule has 17 heavy (non-hydrogen) atoms. The molecule has 0 fully saturated rings. The molecule has 1 heterocycles. The Morgan fingerprint density at radius 1 is 1.59 bits per heavy atom. The van der Waals surface area contributed by atoms with Crippen molar-refractivity contribution in [1.82, 2.24) is 0 Å². The zero-order valence-electron chi connectivity index (χ0n) is 9.04. The van der Waals surface area contributed by atoms with Gasteiger partial charge in [-0.3, -0.25) is 4.79 Å². The number of hydrogen-bond acceptors (Lipinski definition) is 2. The largest absolute Gasteiger partial charge is 0.486 e. The van der Waals surface area contributed by atoms with Gasteiger partial charge in [-0.2, -0.15) is 4.39 Å². The van der Waals surface area contributed by atoms with Gasteiger partial charge >= 0.3 is 0 Å². The molecule has 0 saturated carbocycles. The minimum Gasteiger partial charge on any atom is -0.486 e. The molecule has 3 nitrogen and oxygen atoms in total. The lowest BCUT2D eigenvalue weighted by Crippen LogP contribution is -2.46. The summed E-state index contributed by atoms with van der Waals surface area (Å²) in [5.74, 6) is -2.90. The number of carbonyl (C=O) groups is 1. The topological polar surface area (TPSA) is 29.5 Å². The fourth-order valence-electron chi connectivity index (χ4n) is 1.81. The molecule has 1 atom stereocenters. The van der Waals surface area contributed by atoms with Gasteiger partial charge in [0.25, 0.3) is 0 Å². The van der Waals surface area contributed by atoms with Crippen molar-refractivity contribution in [2.75, 3.05) is 17.4 Å². The van der Waals surface area contributed by atoms with Gasteiger partial charge < -0.3 is 9.64 Å². The van der Waals surface area contributed by atoms with Crippen LogP contribution in [0.2, 0.25) is 0 Å². The molecule has 92 valence electrons. The highest BCUT2D eigenvalue weighted by molar-refractivity contribution is 6.29. The summed E-state index contributed by atoms with van der Waals surface area (Å²) in [5, 5.41) is 0. The smallest absolute Gasteiger partial charge is 0.242 e. The first-order valence-corrected chi connectivity index (χ1v) is 5.58. The number of ether oxygens (including phenoxy) is 1. The molecule has 0 radical (unpaired) electrons. The second kappa shape index (κ2) is 4.49. The van der Waals surface area contributed by atoms with Crippen molar-refractivity contribution in [3.63, 3.8) is 0 Å². The third kappa shape index (κ3) is 1.95. The van der Waals surface area contributed by atoms with E-state index in [-0.39, 0.29) is 35.9 Å². The fraction of sp³-hybridized carbons (Fsp3) is 0.364. The number of hydrogen-bond donors (Lipinski definition) is 0. The molecular formula is C11H10ClF2NO2. The van der Waals surface area contributed by atoms with E-state index < -0.39 is 11.6 Å². The first-order chi connectivity index (χ1) is 8.06. The SMILES string of the molecule is CC1COc2c(ccc(F)c2F)N1C(=O)CCl. The van der Waals surface area contributed by atoms with E-state index in [2.05, 4.69) is 0 Å². The zero-order chi connectivity index (χ0) is 12.6. The number of halogens is 3. The summed E-state index contributed by atoms with van der Waals surface area (Å²) >= 11 is 5.49. The van der Waals surface area contributed by atoms with Crippen LogP contribution in [-0.4, -0.2) is 24.4 Å². The van der Waals surface area contributed by atoms with Crippen molar-refractivity contribution in [2.45, 2.75) is 13.0 Å². The number of benzene rings is 1. The third-order valence-electron chi connectivity index (χ3n) is 2.58. The summed E-state index contributed by atoms with van der Waals surface area (Å²) in [6.07, 6.45) is 0. The van der Waals surface area contributed by atoms with Crippen LogP contribution in [-0.2, 0) is 4.79 Å². The molecule has 1 aliphatic rings. The van der Waals surface area contributed by atoms with Crippen molar-refractivity contribution in [1.29, 1.82) is 0 Å². The van der Waals surface area contributed by atoms with Crippen LogP contribution in [0.3, 0.4) is 0 Å². The van der Waals surface area contributed by atoms with Crippen molar-refractivity contribution in [2.24, 2.45) is 0 Å². The predicted molar refractivity (Wildman–Crippen MR) is 59.5 cm³/mol. The molecular weight excluding hydrogens is 252 g/mol. The fourth-order valence-corrected chi connectivity index (χ4v) is 1.94. The lowest BCUT2D eigenvalue weighted by molar-refractivity contribution is -0.117. The Kier molecular flexibility index (Phi) is 3.19. The van der Waals surface area contributed by atoms with E-state index in [9.17, 15) is 13.6 Å².